The number of ether oxygens (including phenoxy) is 2. The van der Waals surface area contributed by atoms with Gasteiger partial charge < -0.3 is 9.47 Å². The molecule has 2 rings (SSSR count). The molecule has 3 unspecified atom stereocenters. The highest BCUT2D eigenvalue weighted by molar-refractivity contribution is 9.09. The molecule has 0 aromatic heterocycles. The molecular weight excluding hydrogens is 294 g/mol. The van der Waals surface area contributed by atoms with Crippen LogP contribution in [-0.4, -0.2) is 23.6 Å². The van der Waals surface area contributed by atoms with E-state index in [9.17, 15) is 8.78 Å². The summed E-state index contributed by atoms with van der Waals surface area (Å²) in [6.45, 7) is 2.51. The summed E-state index contributed by atoms with van der Waals surface area (Å²) >= 11 is 3.47. The lowest BCUT2D eigenvalue weighted by Gasteiger charge is -2.40. The second kappa shape index (κ2) is 5.31. The van der Waals surface area contributed by atoms with E-state index in [1.165, 1.54) is 6.07 Å². The minimum absolute atomic E-state index is 0.0342. The van der Waals surface area contributed by atoms with Gasteiger partial charge in [0.05, 0.1) is 0 Å². The highest BCUT2D eigenvalue weighted by atomic mass is 79.9. The van der Waals surface area contributed by atoms with Crippen LogP contribution in [0.5, 0.6) is 5.75 Å². The van der Waals surface area contributed by atoms with E-state index in [4.69, 9.17) is 9.47 Å². The van der Waals surface area contributed by atoms with Crippen molar-refractivity contribution in [3.8, 4) is 5.75 Å². The van der Waals surface area contributed by atoms with Gasteiger partial charge in [-0.2, -0.15) is 0 Å². The topological polar surface area (TPSA) is 18.5 Å². The molecule has 1 aromatic rings. The maximum Gasteiger partial charge on any atom is 0.162 e. The summed E-state index contributed by atoms with van der Waals surface area (Å²) in [5, 5.41) is 0. The van der Waals surface area contributed by atoms with Crippen molar-refractivity contribution >= 4 is 15.9 Å². The molecule has 0 saturated heterocycles. The molecule has 0 heterocycles. The average Bonchev–Trinajstić information content (AvgIpc) is 2.30. The lowest BCUT2D eigenvalue weighted by molar-refractivity contribution is -0.0724. The van der Waals surface area contributed by atoms with Gasteiger partial charge in [-0.15, -0.1) is 0 Å². The van der Waals surface area contributed by atoms with E-state index in [1.54, 1.807) is 0 Å². The molecule has 1 aliphatic carbocycles. The lowest BCUT2D eigenvalue weighted by Crippen LogP contribution is -2.52. The second-order valence-corrected chi connectivity index (χ2v) is 5.08. The fraction of sp³-hybridized carbons (Fsp3) is 0.500. The van der Waals surface area contributed by atoms with Crippen LogP contribution < -0.4 is 4.74 Å². The molecule has 1 aromatic carbocycles. The normalized spacial score (nSPS) is 27.6. The van der Waals surface area contributed by atoms with Crippen molar-refractivity contribution in [3.63, 3.8) is 0 Å². The molecule has 0 N–H and O–H groups in total. The Morgan fingerprint density at radius 1 is 1.35 bits per heavy atom. The van der Waals surface area contributed by atoms with Crippen LogP contribution in [0.4, 0.5) is 8.78 Å². The average molecular weight is 307 g/mol. The van der Waals surface area contributed by atoms with Gasteiger partial charge in [-0.25, -0.2) is 8.78 Å². The molecule has 0 bridgehead atoms. The van der Waals surface area contributed by atoms with Gasteiger partial charge in [-0.1, -0.05) is 15.9 Å². The van der Waals surface area contributed by atoms with E-state index in [1.807, 2.05) is 6.92 Å². The fourth-order valence-corrected chi connectivity index (χ4v) is 2.63. The zero-order valence-electron chi connectivity index (χ0n) is 9.33. The second-order valence-electron chi connectivity index (χ2n) is 3.90. The summed E-state index contributed by atoms with van der Waals surface area (Å²) in [6, 6.07) is 3.54. The van der Waals surface area contributed by atoms with Gasteiger partial charge in [0.1, 0.15) is 18.0 Å². The van der Waals surface area contributed by atoms with Gasteiger partial charge in [0.15, 0.2) is 11.6 Å². The molecule has 3 atom stereocenters. The van der Waals surface area contributed by atoms with Crippen LogP contribution >= 0.6 is 15.9 Å². The molecule has 1 aliphatic rings. The van der Waals surface area contributed by atoms with Crippen LogP contribution in [0.15, 0.2) is 18.2 Å². The van der Waals surface area contributed by atoms with Crippen LogP contribution in [0, 0.1) is 11.6 Å². The third-order valence-corrected chi connectivity index (χ3v) is 3.61. The number of halogens is 3. The number of hydrogen-bond acceptors (Lipinski definition) is 2. The van der Waals surface area contributed by atoms with E-state index >= 15 is 0 Å². The van der Waals surface area contributed by atoms with E-state index in [2.05, 4.69) is 15.9 Å². The van der Waals surface area contributed by atoms with Crippen molar-refractivity contribution in [1.29, 1.82) is 0 Å². The van der Waals surface area contributed by atoms with Gasteiger partial charge in [0.25, 0.3) is 0 Å². The first-order valence-corrected chi connectivity index (χ1v) is 6.40. The molecule has 0 radical (unpaired) electrons. The number of rotatable bonds is 4. The summed E-state index contributed by atoms with van der Waals surface area (Å²) in [5.41, 5.74) is 0. The Morgan fingerprint density at radius 3 is 2.71 bits per heavy atom. The van der Waals surface area contributed by atoms with Crippen molar-refractivity contribution in [2.75, 3.05) is 6.61 Å². The van der Waals surface area contributed by atoms with Gasteiger partial charge in [-0.3, -0.25) is 0 Å². The van der Waals surface area contributed by atoms with Crippen molar-refractivity contribution < 1.29 is 18.3 Å². The first kappa shape index (κ1) is 12.8. The van der Waals surface area contributed by atoms with Crippen LogP contribution in [0.2, 0.25) is 0 Å². The highest BCUT2D eigenvalue weighted by Gasteiger charge is 2.42. The van der Waals surface area contributed by atoms with Gasteiger partial charge in [0.2, 0.25) is 0 Å². The van der Waals surface area contributed by atoms with E-state index < -0.39 is 11.6 Å². The molecule has 0 aliphatic heterocycles. The summed E-state index contributed by atoms with van der Waals surface area (Å²) in [7, 11) is 0. The molecule has 2 nitrogen and oxygen atoms in total. The Balaban J connectivity index is 1.99. The van der Waals surface area contributed by atoms with Crippen LogP contribution in [0.3, 0.4) is 0 Å². The molecule has 5 heteroatoms. The summed E-state index contributed by atoms with van der Waals surface area (Å²) < 4.78 is 36.8. The van der Waals surface area contributed by atoms with E-state index in [0.29, 0.717) is 12.4 Å². The number of benzene rings is 1. The Hall–Kier alpha value is -0.680. The third-order valence-electron chi connectivity index (χ3n) is 2.72. The molecule has 1 fully saturated rings. The maximum atomic E-state index is 13.0. The van der Waals surface area contributed by atoms with Gasteiger partial charge in [-0.05, 0) is 19.1 Å². The Morgan fingerprint density at radius 2 is 2.12 bits per heavy atom. The van der Waals surface area contributed by atoms with Crippen LogP contribution in [0.25, 0.3) is 0 Å². The predicted octanol–water partition coefficient (Wildman–Crippen LogP) is 3.28. The zero-order chi connectivity index (χ0) is 12.4. The molecule has 1 saturated carbocycles. The Kier molecular flexibility index (Phi) is 3.99. The first-order valence-electron chi connectivity index (χ1n) is 5.49. The van der Waals surface area contributed by atoms with E-state index in [-0.39, 0.29) is 17.0 Å². The summed E-state index contributed by atoms with van der Waals surface area (Å²) in [6.07, 6.45) is 0.654. The largest absolute Gasteiger partial charge is 0.488 e. The van der Waals surface area contributed by atoms with E-state index in [0.717, 1.165) is 18.6 Å². The Labute approximate surface area is 107 Å². The number of hydrogen-bond donors (Lipinski definition) is 0. The van der Waals surface area contributed by atoms with Crippen molar-refractivity contribution in [2.24, 2.45) is 0 Å². The van der Waals surface area contributed by atoms with Gasteiger partial charge >= 0.3 is 0 Å². The van der Waals surface area contributed by atoms with Crippen LogP contribution in [0.1, 0.15) is 13.3 Å². The molecule has 94 valence electrons. The minimum Gasteiger partial charge on any atom is -0.488 e. The van der Waals surface area contributed by atoms with Crippen molar-refractivity contribution in [3.05, 3.63) is 29.8 Å². The fourth-order valence-electron chi connectivity index (χ4n) is 1.77. The minimum atomic E-state index is -0.898. The van der Waals surface area contributed by atoms with Crippen molar-refractivity contribution in [2.45, 2.75) is 30.4 Å². The van der Waals surface area contributed by atoms with Gasteiger partial charge in [0, 0.05) is 23.9 Å². The SMILES string of the molecule is CCOC1C(Br)CC1Oc1ccc(F)c(F)c1. The third kappa shape index (κ3) is 2.77. The summed E-state index contributed by atoms with van der Waals surface area (Å²) in [4.78, 5) is 0.262. The molecule has 0 amide bonds. The molecular formula is C12H13BrF2O2. The smallest absolute Gasteiger partial charge is 0.162 e. The van der Waals surface area contributed by atoms with Crippen molar-refractivity contribution in [1.82, 2.24) is 0 Å². The predicted molar refractivity (Wildman–Crippen MR) is 63.5 cm³/mol. The Bertz CT molecular complexity index is 400. The highest BCUT2D eigenvalue weighted by Crippen LogP contribution is 2.34. The monoisotopic (exact) mass is 306 g/mol. The zero-order valence-corrected chi connectivity index (χ0v) is 10.9. The quantitative estimate of drug-likeness (QED) is 0.795. The van der Waals surface area contributed by atoms with Crippen LogP contribution in [-0.2, 0) is 4.74 Å². The maximum absolute atomic E-state index is 13.0. The standard InChI is InChI=1S/C12H13BrF2O2/c1-2-16-12-8(13)6-11(12)17-7-3-4-9(14)10(15)5-7/h3-5,8,11-12H,2,6H2,1H3. The first-order chi connectivity index (χ1) is 8.11. The molecule has 17 heavy (non-hydrogen) atoms. The lowest BCUT2D eigenvalue weighted by atomic mass is 9.91. The molecule has 0 spiro atoms. The number of alkyl halides is 1. The summed E-state index contributed by atoms with van der Waals surface area (Å²) in [5.74, 6) is -1.44.